The highest BCUT2D eigenvalue weighted by Crippen LogP contribution is 2.51. The van der Waals surface area contributed by atoms with E-state index in [0.717, 1.165) is 18.4 Å². The molecule has 2 aromatic rings. The Balaban J connectivity index is 1.97. The number of hydrogen-bond donors (Lipinski definition) is 1. The fourth-order valence-electron chi connectivity index (χ4n) is 2.91. The molecule has 1 N–H and O–H groups in total. The van der Waals surface area contributed by atoms with Gasteiger partial charge in [-0.25, -0.2) is 5.43 Å². The first kappa shape index (κ1) is 18.5. The fourth-order valence-corrected chi connectivity index (χ4v) is 2.91. The zero-order valence-corrected chi connectivity index (χ0v) is 15.4. The monoisotopic (exact) mass is 371 g/mol. The van der Waals surface area contributed by atoms with Crippen molar-refractivity contribution in [3.8, 4) is 23.0 Å². The van der Waals surface area contributed by atoms with Crippen LogP contribution in [0.2, 0.25) is 0 Å². The second-order valence-electron chi connectivity index (χ2n) is 5.71. The van der Waals surface area contributed by atoms with Crippen LogP contribution in [0.4, 0.5) is 0 Å². The van der Waals surface area contributed by atoms with Crippen LogP contribution in [-0.2, 0) is 6.42 Å². The number of hydrogen-bond acceptors (Lipinski definition) is 7. The van der Waals surface area contributed by atoms with Crippen molar-refractivity contribution < 1.29 is 23.7 Å². The Morgan fingerprint density at radius 2 is 1.89 bits per heavy atom. The summed E-state index contributed by atoms with van der Waals surface area (Å²) in [5.74, 6) is 1.74. The van der Waals surface area contributed by atoms with Gasteiger partial charge in [-0.15, -0.1) is 0 Å². The highest BCUT2D eigenvalue weighted by Gasteiger charge is 2.30. The molecular weight excluding hydrogens is 350 g/mol. The molecule has 0 bridgehead atoms. The fraction of sp³-hybridized carbons (Fsp3) is 0.316. The van der Waals surface area contributed by atoms with Crippen LogP contribution in [0.15, 0.2) is 29.6 Å². The van der Waals surface area contributed by atoms with E-state index in [9.17, 15) is 4.79 Å². The van der Waals surface area contributed by atoms with Gasteiger partial charge in [-0.2, -0.15) is 5.10 Å². The highest BCUT2D eigenvalue weighted by atomic mass is 16.7. The molecule has 142 valence electrons. The number of nitrogens with one attached hydrogen (secondary N) is 1. The lowest BCUT2D eigenvalue weighted by molar-refractivity contribution is 0.0955. The van der Waals surface area contributed by atoms with Crippen molar-refractivity contribution in [3.63, 3.8) is 0 Å². The molecule has 0 spiro atoms. The highest BCUT2D eigenvalue weighted by molar-refractivity contribution is 5.96. The Morgan fingerprint density at radius 1 is 1.22 bits per heavy atom. The molecule has 0 fully saturated rings. The molecule has 1 aliphatic heterocycles. The van der Waals surface area contributed by atoms with Gasteiger partial charge in [0.15, 0.2) is 11.5 Å². The molecule has 0 radical (unpaired) electrons. The molecule has 27 heavy (non-hydrogen) atoms. The van der Waals surface area contributed by atoms with Gasteiger partial charge in [-0.1, -0.05) is 13.3 Å². The Bertz CT molecular complexity index is 852. The van der Waals surface area contributed by atoms with Gasteiger partial charge in [-0.3, -0.25) is 9.78 Å². The summed E-state index contributed by atoms with van der Waals surface area (Å²) in [6.07, 6.45) is 6.22. The largest absolute Gasteiger partial charge is 0.492 e. The zero-order valence-electron chi connectivity index (χ0n) is 15.4. The molecule has 3 rings (SSSR count). The maximum Gasteiger partial charge on any atom is 0.271 e. The van der Waals surface area contributed by atoms with Gasteiger partial charge in [0, 0.05) is 29.1 Å². The van der Waals surface area contributed by atoms with Gasteiger partial charge in [0.1, 0.15) is 0 Å². The van der Waals surface area contributed by atoms with Gasteiger partial charge in [0.25, 0.3) is 5.91 Å². The number of pyridine rings is 1. The molecule has 0 aliphatic carbocycles. The summed E-state index contributed by atoms with van der Waals surface area (Å²) >= 11 is 0. The van der Waals surface area contributed by atoms with Crippen LogP contribution < -0.4 is 24.4 Å². The maximum atomic E-state index is 12.2. The summed E-state index contributed by atoms with van der Waals surface area (Å²) in [7, 11) is 3.13. The Kier molecular flexibility index (Phi) is 5.75. The topological polar surface area (TPSA) is 91.3 Å². The molecule has 8 nitrogen and oxygen atoms in total. The summed E-state index contributed by atoms with van der Waals surface area (Å²) in [4.78, 5) is 16.0. The van der Waals surface area contributed by atoms with Crippen LogP contribution in [0.5, 0.6) is 23.0 Å². The Labute approximate surface area is 157 Å². The number of nitrogens with zero attached hydrogens (tertiary/aromatic N) is 2. The lowest BCUT2D eigenvalue weighted by Gasteiger charge is -2.17. The summed E-state index contributed by atoms with van der Waals surface area (Å²) < 4.78 is 22.2. The third-order valence-corrected chi connectivity index (χ3v) is 4.08. The van der Waals surface area contributed by atoms with Gasteiger partial charge < -0.3 is 18.9 Å². The number of ether oxygens (including phenoxy) is 4. The molecular formula is C19H21N3O5. The van der Waals surface area contributed by atoms with Crippen LogP contribution in [0.25, 0.3) is 0 Å². The Hall–Kier alpha value is -3.29. The smallest absolute Gasteiger partial charge is 0.271 e. The molecule has 0 atom stereocenters. The standard InChI is InChI=1S/C19H21N3O5/c1-4-5-13-14(10-21-22-19(23)12-6-8-20-9-7-12)16(25-3)18-17(15(13)24-2)26-11-27-18/h6-10H,4-5,11H2,1-3H3,(H,22,23)/b21-10-. The number of aromatic nitrogens is 1. The van der Waals surface area contributed by atoms with E-state index in [4.69, 9.17) is 18.9 Å². The van der Waals surface area contributed by atoms with E-state index >= 15 is 0 Å². The average molecular weight is 371 g/mol. The molecule has 8 heteroatoms. The summed E-state index contributed by atoms with van der Waals surface area (Å²) in [5, 5.41) is 4.09. The van der Waals surface area contributed by atoms with Crippen molar-refractivity contribution in [2.24, 2.45) is 5.10 Å². The zero-order chi connectivity index (χ0) is 19.2. The number of benzene rings is 1. The first-order valence-corrected chi connectivity index (χ1v) is 8.51. The molecule has 0 saturated heterocycles. The predicted molar refractivity (Wildman–Crippen MR) is 99.0 cm³/mol. The van der Waals surface area contributed by atoms with Crippen LogP contribution in [-0.4, -0.2) is 38.1 Å². The van der Waals surface area contributed by atoms with E-state index in [1.54, 1.807) is 38.7 Å². The molecule has 2 heterocycles. The van der Waals surface area contributed by atoms with Crippen molar-refractivity contribution in [1.82, 2.24) is 10.4 Å². The van der Waals surface area contributed by atoms with E-state index in [1.165, 1.54) is 6.21 Å². The average Bonchev–Trinajstić information content (AvgIpc) is 3.18. The van der Waals surface area contributed by atoms with E-state index in [0.29, 0.717) is 34.1 Å². The van der Waals surface area contributed by atoms with E-state index in [-0.39, 0.29) is 12.7 Å². The number of rotatable bonds is 7. The summed E-state index contributed by atoms with van der Waals surface area (Å²) in [5.41, 5.74) is 4.53. The first-order valence-electron chi connectivity index (χ1n) is 8.51. The van der Waals surface area contributed by atoms with Crippen molar-refractivity contribution in [2.45, 2.75) is 19.8 Å². The summed E-state index contributed by atoms with van der Waals surface area (Å²) in [6, 6.07) is 3.22. The minimum atomic E-state index is -0.336. The quantitative estimate of drug-likeness (QED) is 0.594. The summed E-state index contributed by atoms with van der Waals surface area (Å²) in [6.45, 7) is 2.15. The van der Waals surface area contributed by atoms with Crippen molar-refractivity contribution in [2.75, 3.05) is 21.0 Å². The number of amides is 1. The van der Waals surface area contributed by atoms with Crippen LogP contribution in [0.1, 0.15) is 34.8 Å². The van der Waals surface area contributed by atoms with Crippen molar-refractivity contribution in [3.05, 3.63) is 41.2 Å². The molecule has 1 aromatic carbocycles. The number of hydrazone groups is 1. The van der Waals surface area contributed by atoms with Gasteiger partial charge in [0.2, 0.25) is 18.3 Å². The van der Waals surface area contributed by atoms with E-state index in [2.05, 4.69) is 22.4 Å². The van der Waals surface area contributed by atoms with Crippen LogP contribution >= 0.6 is 0 Å². The normalized spacial score (nSPS) is 12.3. The second kappa shape index (κ2) is 8.39. The second-order valence-corrected chi connectivity index (χ2v) is 5.71. The predicted octanol–water partition coefficient (Wildman–Crippen LogP) is 2.54. The molecule has 0 unspecified atom stereocenters. The third kappa shape index (κ3) is 3.64. The van der Waals surface area contributed by atoms with E-state index in [1.807, 2.05) is 0 Å². The van der Waals surface area contributed by atoms with Crippen LogP contribution in [0, 0.1) is 0 Å². The van der Waals surface area contributed by atoms with Gasteiger partial charge >= 0.3 is 0 Å². The molecule has 1 aromatic heterocycles. The number of carbonyl (C=O) groups excluding carboxylic acids is 1. The lowest BCUT2D eigenvalue weighted by Crippen LogP contribution is -2.17. The van der Waals surface area contributed by atoms with Crippen molar-refractivity contribution >= 4 is 12.1 Å². The molecule has 1 aliphatic rings. The third-order valence-electron chi connectivity index (χ3n) is 4.08. The minimum absolute atomic E-state index is 0.0903. The first-order chi connectivity index (χ1) is 13.2. The van der Waals surface area contributed by atoms with Gasteiger partial charge in [0.05, 0.1) is 20.4 Å². The minimum Gasteiger partial charge on any atom is -0.492 e. The Morgan fingerprint density at radius 3 is 2.52 bits per heavy atom. The van der Waals surface area contributed by atoms with Gasteiger partial charge in [-0.05, 0) is 18.6 Å². The SMILES string of the molecule is CCCc1c(/C=N\NC(=O)c2ccncc2)c(OC)c2c(c1OC)OCO2. The van der Waals surface area contributed by atoms with E-state index < -0.39 is 0 Å². The van der Waals surface area contributed by atoms with Crippen molar-refractivity contribution in [1.29, 1.82) is 0 Å². The number of methoxy groups -OCH3 is 2. The number of carbonyl (C=O) groups is 1. The molecule has 1 amide bonds. The maximum absolute atomic E-state index is 12.2. The number of fused-ring (bicyclic) bond motifs is 1. The lowest BCUT2D eigenvalue weighted by atomic mass is 10.00. The van der Waals surface area contributed by atoms with Crippen LogP contribution in [0.3, 0.4) is 0 Å². The molecule has 0 saturated carbocycles.